The summed E-state index contributed by atoms with van der Waals surface area (Å²) in [5.41, 5.74) is 1.28. The van der Waals surface area contributed by atoms with Gasteiger partial charge in [0.2, 0.25) is 11.7 Å². The minimum Gasteiger partial charge on any atom is -0.480 e. The van der Waals surface area contributed by atoms with Crippen molar-refractivity contribution in [3.8, 4) is 11.5 Å². The second-order valence-corrected chi connectivity index (χ2v) is 6.90. The lowest BCUT2D eigenvalue weighted by atomic mass is 9.94. The predicted octanol–water partition coefficient (Wildman–Crippen LogP) is 2.98. The zero-order chi connectivity index (χ0) is 17.6. The van der Waals surface area contributed by atoms with Crippen LogP contribution in [-0.4, -0.2) is 39.5 Å². The van der Waals surface area contributed by atoms with Crippen molar-refractivity contribution >= 4 is 11.9 Å². The van der Waals surface area contributed by atoms with Crippen LogP contribution >= 0.6 is 0 Å². The summed E-state index contributed by atoms with van der Waals surface area (Å²) in [5.74, 6) is -0.435. The lowest BCUT2D eigenvalue weighted by Gasteiger charge is -2.23. The third kappa shape index (κ3) is 2.62. The van der Waals surface area contributed by atoms with Gasteiger partial charge >= 0.3 is 5.97 Å². The van der Waals surface area contributed by atoms with Crippen molar-refractivity contribution in [1.82, 2.24) is 9.88 Å². The van der Waals surface area contributed by atoms with Gasteiger partial charge in [0.1, 0.15) is 6.04 Å². The Hall–Kier alpha value is -2.63. The maximum atomic E-state index is 13.0. The zero-order valence-corrected chi connectivity index (χ0v) is 14.0. The number of aromatic nitrogens is 1. The average molecular weight is 340 g/mol. The van der Waals surface area contributed by atoms with E-state index in [0.717, 1.165) is 24.8 Å². The highest BCUT2D eigenvalue weighted by Crippen LogP contribution is 2.43. The zero-order valence-electron chi connectivity index (χ0n) is 14.0. The first-order valence-electron chi connectivity index (χ1n) is 8.63. The van der Waals surface area contributed by atoms with Gasteiger partial charge in [-0.05, 0) is 43.7 Å². The molecule has 1 N–H and O–H groups in total. The monoisotopic (exact) mass is 340 g/mol. The van der Waals surface area contributed by atoms with Crippen LogP contribution in [0.5, 0.6) is 0 Å². The topological polar surface area (TPSA) is 83.6 Å². The Morgan fingerprint density at radius 2 is 2.00 bits per heavy atom. The summed E-state index contributed by atoms with van der Waals surface area (Å²) >= 11 is 0. The van der Waals surface area contributed by atoms with E-state index < -0.39 is 12.0 Å². The van der Waals surface area contributed by atoms with Crippen LogP contribution in [0.2, 0.25) is 0 Å². The number of hydrogen-bond donors (Lipinski definition) is 1. The molecule has 4 rings (SSSR count). The highest BCUT2D eigenvalue weighted by molar-refractivity contribution is 5.96. The minimum atomic E-state index is -0.928. The van der Waals surface area contributed by atoms with E-state index in [1.165, 1.54) is 4.90 Å². The van der Waals surface area contributed by atoms with Crippen LogP contribution in [-0.2, 0) is 4.79 Å². The summed E-state index contributed by atoms with van der Waals surface area (Å²) in [5, 5.41) is 9.64. The third-order valence-electron chi connectivity index (χ3n) is 5.42. The van der Waals surface area contributed by atoms with E-state index in [1.807, 2.05) is 30.3 Å². The molecule has 6 nitrogen and oxygen atoms in total. The number of carbonyl (C=O) groups is 2. The number of oxazole rings is 1. The standard InChI is InChI=1S/C19H20N2O4/c1-11-16(25-17(20-11)12-6-3-2-4-7-12)18(22)21-10-13-8-5-9-14(13)15(21)19(23)24/h2-4,6-7,13-15H,5,8-10H2,1H3,(H,23,24). The largest absolute Gasteiger partial charge is 0.480 e. The molecule has 1 amide bonds. The molecule has 0 radical (unpaired) electrons. The molecule has 25 heavy (non-hydrogen) atoms. The quantitative estimate of drug-likeness (QED) is 0.928. The number of carboxylic acids is 1. The van der Waals surface area contributed by atoms with Crippen LogP contribution in [0.15, 0.2) is 34.7 Å². The molecule has 2 aromatic rings. The van der Waals surface area contributed by atoms with Gasteiger partial charge in [0.15, 0.2) is 0 Å². The Bertz CT molecular complexity index is 814. The molecule has 3 atom stereocenters. The summed E-state index contributed by atoms with van der Waals surface area (Å²) < 4.78 is 5.73. The molecule has 2 aliphatic rings. The molecule has 3 unspecified atom stereocenters. The van der Waals surface area contributed by atoms with E-state index in [0.29, 0.717) is 18.1 Å². The van der Waals surface area contributed by atoms with Gasteiger partial charge in [-0.15, -0.1) is 0 Å². The molecule has 0 bridgehead atoms. The van der Waals surface area contributed by atoms with Crippen LogP contribution in [0.4, 0.5) is 0 Å². The Kier molecular flexibility index (Phi) is 3.82. The third-order valence-corrected chi connectivity index (χ3v) is 5.42. The number of carboxylic acid groups (broad SMARTS) is 1. The first-order chi connectivity index (χ1) is 12.1. The van der Waals surface area contributed by atoms with Gasteiger partial charge < -0.3 is 14.4 Å². The predicted molar refractivity (Wildman–Crippen MR) is 90.0 cm³/mol. The Morgan fingerprint density at radius 3 is 2.72 bits per heavy atom. The second kappa shape index (κ2) is 6.02. The summed E-state index contributed by atoms with van der Waals surface area (Å²) in [6.07, 6.45) is 2.90. The molecule has 130 valence electrons. The molecule has 1 saturated heterocycles. The number of benzene rings is 1. The highest BCUT2D eigenvalue weighted by atomic mass is 16.4. The van der Waals surface area contributed by atoms with Gasteiger partial charge in [-0.1, -0.05) is 24.6 Å². The van der Waals surface area contributed by atoms with Crippen LogP contribution in [0.1, 0.15) is 35.5 Å². The van der Waals surface area contributed by atoms with Crippen molar-refractivity contribution in [2.24, 2.45) is 11.8 Å². The highest BCUT2D eigenvalue weighted by Gasteiger charge is 2.50. The number of aliphatic carboxylic acids is 1. The second-order valence-electron chi connectivity index (χ2n) is 6.90. The normalized spacial score (nSPS) is 25.2. The fourth-order valence-corrected chi connectivity index (χ4v) is 4.26. The molecule has 1 aliphatic carbocycles. The number of hydrogen-bond acceptors (Lipinski definition) is 4. The summed E-state index contributed by atoms with van der Waals surface area (Å²) in [6, 6.07) is 8.60. The Labute approximate surface area is 145 Å². The van der Waals surface area contributed by atoms with Crippen molar-refractivity contribution in [3.05, 3.63) is 41.8 Å². The smallest absolute Gasteiger partial charge is 0.326 e. The van der Waals surface area contributed by atoms with Gasteiger partial charge in [0, 0.05) is 12.1 Å². The number of amides is 1. The van der Waals surface area contributed by atoms with Crippen molar-refractivity contribution < 1.29 is 19.1 Å². The maximum Gasteiger partial charge on any atom is 0.326 e. The molecular formula is C19H20N2O4. The summed E-state index contributed by atoms with van der Waals surface area (Å²) in [4.78, 5) is 30.6. The van der Waals surface area contributed by atoms with Crippen molar-refractivity contribution in [2.75, 3.05) is 6.54 Å². The number of aryl methyl sites for hydroxylation is 1. The first-order valence-corrected chi connectivity index (χ1v) is 8.63. The number of rotatable bonds is 3. The van der Waals surface area contributed by atoms with Gasteiger partial charge in [0.25, 0.3) is 5.91 Å². The van der Waals surface area contributed by atoms with Crippen molar-refractivity contribution in [2.45, 2.75) is 32.2 Å². The SMILES string of the molecule is Cc1nc(-c2ccccc2)oc1C(=O)N1CC2CCCC2C1C(=O)O. The van der Waals surface area contributed by atoms with E-state index in [1.54, 1.807) is 6.92 Å². The lowest BCUT2D eigenvalue weighted by Crippen LogP contribution is -2.43. The fraction of sp³-hybridized carbons (Fsp3) is 0.421. The number of fused-ring (bicyclic) bond motifs is 1. The molecule has 6 heteroatoms. The number of nitrogens with zero attached hydrogens (tertiary/aromatic N) is 2. The molecule has 1 saturated carbocycles. The van der Waals surface area contributed by atoms with Crippen LogP contribution in [0, 0.1) is 18.8 Å². The molecular weight excluding hydrogens is 320 g/mol. The summed E-state index contributed by atoms with van der Waals surface area (Å²) in [6.45, 7) is 2.21. The average Bonchev–Trinajstić information content (AvgIpc) is 3.28. The number of likely N-dealkylation sites (tertiary alicyclic amines) is 1. The summed E-state index contributed by atoms with van der Waals surface area (Å²) in [7, 11) is 0. The Morgan fingerprint density at radius 1 is 1.24 bits per heavy atom. The maximum absolute atomic E-state index is 13.0. The van der Waals surface area contributed by atoms with Crippen molar-refractivity contribution in [3.63, 3.8) is 0 Å². The fourth-order valence-electron chi connectivity index (χ4n) is 4.26. The molecule has 2 fully saturated rings. The molecule has 2 heterocycles. The molecule has 0 spiro atoms. The number of carbonyl (C=O) groups excluding carboxylic acids is 1. The first kappa shape index (κ1) is 15.9. The lowest BCUT2D eigenvalue weighted by molar-refractivity contribution is -0.142. The van der Waals surface area contributed by atoms with E-state index >= 15 is 0 Å². The molecule has 1 aromatic carbocycles. The molecule has 1 aliphatic heterocycles. The van der Waals surface area contributed by atoms with E-state index in [-0.39, 0.29) is 23.5 Å². The van der Waals surface area contributed by atoms with Gasteiger partial charge in [-0.3, -0.25) is 4.79 Å². The van der Waals surface area contributed by atoms with Crippen molar-refractivity contribution in [1.29, 1.82) is 0 Å². The van der Waals surface area contributed by atoms with Gasteiger partial charge in [-0.2, -0.15) is 0 Å². The van der Waals surface area contributed by atoms with E-state index in [4.69, 9.17) is 4.42 Å². The van der Waals surface area contributed by atoms with E-state index in [9.17, 15) is 14.7 Å². The van der Waals surface area contributed by atoms with Crippen LogP contribution in [0.25, 0.3) is 11.5 Å². The van der Waals surface area contributed by atoms with E-state index in [2.05, 4.69) is 4.98 Å². The van der Waals surface area contributed by atoms with Gasteiger partial charge in [-0.25, -0.2) is 9.78 Å². The molecule has 1 aromatic heterocycles. The van der Waals surface area contributed by atoms with Crippen LogP contribution < -0.4 is 0 Å². The Balaban J connectivity index is 1.65. The van der Waals surface area contributed by atoms with Gasteiger partial charge in [0.05, 0.1) is 5.69 Å². The van der Waals surface area contributed by atoms with Crippen LogP contribution in [0.3, 0.4) is 0 Å². The minimum absolute atomic E-state index is 0.0540.